The van der Waals surface area contributed by atoms with E-state index in [2.05, 4.69) is 22.8 Å². The average Bonchev–Trinajstić information content (AvgIpc) is 3.15. The summed E-state index contributed by atoms with van der Waals surface area (Å²) in [5.41, 5.74) is 4.88. The summed E-state index contributed by atoms with van der Waals surface area (Å²) in [5, 5.41) is 7.12. The van der Waals surface area contributed by atoms with E-state index in [1.165, 1.54) is 11.6 Å². The number of halogens is 1. The van der Waals surface area contributed by atoms with E-state index in [4.69, 9.17) is 0 Å². The maximum atomic E-state index is 13.6. The Morgan fingerprint density at radius 3 is 2.76 bits per heavy atom. The summed E-state index contributed by atoms with van der Waals surface area (Å²) < 4.78 is 13.6. The molecule has 25 heavy (non-hydrogen) atoms. The van der Waals surface area contributed by atoms with Gasteiger partial charge >= 0.3 is 0 Å². The molecule has 0 saturated heterocycles. The van der Waals surface area contributed by atoms with E-state index in [1.807, 2.05) is 29.6 Å². The molecule has 0 saturated carbocycles. The minimum atomic E-state index is -0.220. The van der Waals surface area contributed by atoms with Crippen LogP contribution in [0.5, 0.6) is 0 Å². The maximum Gasteiger partial charge on any atom is 0.220 e. The van der Waals surface area contributed by atoms with Crippen LogP contribution in [-0.4, -0.2) is 5.91 Å². The lowest BCUT2D eigenvalue weighted by Crippen LogP contribution is -2.23. The molecule has 0 atom stereocenters. The Morgan fingerprint density at radius 1 is 1.16 bits per heavy atom. The SMILES string of the molecule is Cc1ccc(CCC(=O)NCc2ccccc2-c2ccsc2)cc1F. The second-order valence-corrected chi connectivity index (χ2v) is 6.81. The van der Waals surface area contributed by atoms with Crippen molar-refractivity contribution in [2.45, 2.75) is 26.3 Å². The lowest BCUT2D eigenvalue weighted by molar-refractivity contribution is -0.121. The van der Waals surface area contributed by atoms with Crippen molar-refractivity contribution in [1.29, 1.82) is 0 Å². The highest BCUT2D eigenvalue weighted by Crippen LogP contribution is 2.25. The summed E-state index contributed by atoms with van der Waals surface area (Å²) in [4.78, 5) is 12.1. The van der Waals surface area contributed by atoms with E-state index < -0.39 is 0 Å². The van der Waals surface area contributed by atoms with Gasteiger partial charge < -0.3 is 5.32 Å². The van der Waals surface area contributed by atoms with Gasteiger partial charge in [0.25, 0.3) is 0 Å². The zero-order chi connectivity index (χ0) is 17.6. The van der Waals surface area contributed by atoms with Crippen molar-refractivity contribution in [3.05, 3.63) is 81.8 Å². The molecule has 0 bridgehead atoms. The molecule has 0 unspecified atom stereocenters. The molecule has 128 valence electrons. The Hall–Kier alpha value is -2.46. The molecule has 1 aromatic heterocycles. The topological polar surface area (TPSA) is 29.1 Å². The predicted octanol–water partition coefficient (Wildman–Crippen LogP) is 5.11. The minimum absolute atomic E-state index is 0.0268. The van der Waals surface area contributed by atoms with Gasteiger partial charge in [0.1, 0.15) is 5.82 Å². The smallest absolute Gasteiger partial charge is 0.220 e. The summed E-state index contributed by atoms with van der Waals surface area (Å²) in [6.07, 6.45) is 0.887. The summed E-state index contributed by atoms with van der Waals surface area (Å²) >= 11 is 1.66. The molecule has 4 heteroatoms. The monoisotopic (exact) mass is 353 g/mol. The number of amides is 1. The van der Waals surface area contributed by atoms with Gasteiger partial charge in [-0.1, -0.05) is 36.4 Å². The largest absolute Gasteiger partial charge is 0.352 e. The molecule has 2 nitrogen and oxygen atoms in total. The standard InChI is InChI=1S/C21H20FNOS/c1-15-6-7-16(12-20(15)22)8-9-21(24)23-13-17-4-2-3-5-19(17)18-10-11-25-14-18/h2-7,10-12,14H,8-9,13H2,1H3,(H,23,24). The van der Waals surface area contributed by atoms with Crippen LogP contribution in [0.25, 0.3) is 11.1 Å². The Balaban J connectivity index is 1.57. The van der Waals surface area contributed by atoms with Gasteiger partial charge in [0, 0.05) is 13.0 Å². The summed E-state index contributed by atoms with van der Waals surface area (Å²) in [7, 11) is 0. The molecule has 1 amide bonds. The normalized spacial score (nSPS) is 10.6. The molecule has 3 rings (SSSR count). The van der Waals surface area contributed by atoms with Gasteiger partial charge in [-0.15, -0.1) is 0 Å². The number of carbonyl (C=O) groups is 1. The molecule has 0 aliphatic rings. The van der Waals surface area contributed by atoms with Crippen molar-refractivity contribution >= 4 is 17.2 Å². The van der Waals surface area contributed by atoms with Crippen LogP contribution in [0.1, 0.15) is 23.1 Å². The third-order valence-electron chi connectivity index (χ3n) is 4.20. The van der Waals surface area contributed by atoms with Crippen LogP contribution in [0, 0.1) is 12.7 Å². The van der Waals surface area contributed by atoms with Crippen molar-refractivity contribution in [3.63, 3.8) is 0 Å². The third kappa shape index (κ3) is 4.54. The van der Waals surface area contributed by atoms with Crippen LogP contribution in [0.2, 0.25) is 0 Å². The van der Waals surface area contributed by atoms with Crippen LogP contribution in [-0.2, 0) is 17.8 Å². The van der Waals surface area contributed by atoms with E-state index in [0.717, 1.165) is 16.7 Å². The van der Waals surface area contributed by atoms with Crippen molar-refractivity contribution in [1.82, 2.24) is 5.32 Å². The second kappa shape index (κ2) is 8.08. The third-order valence-corrected chi connectivity index (χ3v) is 4.89. The van der Waals surface area contributed by atoms with Gasteiger partial charge in [-0.2, -0.15) is 11.3 Å². The highest BCUT2D eigenvalue weighted by Gasteiger charge is 2.08. The van der Waals surface area contributed by atoms with E-state index >= 15 is 0 Å². The van der Waals surface area contributed by atoms with Crippen LogP contribution >= 0.6 is 11.3 Å². The molecule has 1 heterocycles. The molecule has 1 N–H and O–H groups in total. The van der Waals surface area contributed by atoms with Gasteiger partial charge in [0.2, 0.25) is 5.91 Å². The van der Waals surface area contributed by atoms with Crippen molar-refractivity contribution in [3.8, 4) is 11.1 Å². The van der Waals surface area contributed by atoms with E-state index in [9.17, 15) is 9.18 Å². The van der Waals surface area contributed by atoms with Gasteiger partial charge in [0.05, 0.1) is 0 Å². The highest BCUT2D eigenvalue weighted by atomic mass is 32.1. The molecule has 0 radical (unpaired) electrons. The quantitative estimate of drug-likeness (QED) is 0.655. The van der Waals surface area contributed by atoms with Crippen LogP contribution < -0.4 is 5.32 Å². The molecule has 0 fully saturated rings. The number of benzene rings is 2. The first kappa shape index (κ1) is 17.4. The number of hydrogen-bond donors (Lipinski definition) is 1. The minimum Gasteiger partial charge on any atom is -0.352 e. The van der Waals surface area contributed by atoms with E-state index in [1.54, 1.807) is 24.3 Å². The van der Waals surface area contributed by atoms with Crippen molar-refractivity contribution in [2.24, 2.45) is 0 Å². The Bertz CT molecular complexity index is 858. The first-order chi connectivity index (χ1) is 12.1. The molecule has 0 aliphatic heterocycles. The Kier molecular flexibility index (Phi) is 5.61. The summed E-state index contributed by atoms with van der Waals surface area (Å²) in [5.74, 6) is -0.247. The van der Waals surface area contributed by atoms with Crippen LogP contribution in [0.3, 0.4) is 0 Å². The molecular formula is C21H20FNOS. The lowest BCUT2D eigenvalue weighted by Gasteiger charge is -2.10. The van der Waals surface area contributed by atoms with Crippen molar-refractivity contribution in [2.75, 3.05) is 0 Å². The van der Waals surface area contributed by atoms with Crippen LogP contribution in [0.4, 0.5) is 4.39 Å². The maximum absolute atomic E-state index is 13.6. The van der Waals surface area contributed by atoms with Gasteiger partial charge in [-0.05, 0) is 64.1 Å². The van der Waals surface area contributed by atoms with Gasteiger partial charge in [-0.25, -0.2) is 4.39 Å². The number of hydrogen-bond acceptors (Lipinski definition) is 2. The number of thiophene rings is 1. The molecule has 0 aliphatic carbocycles. The zero-order valence-electron chi connectivity index (χ0n) is 14.1. The summed E-state index contributed by atoms with van der Waals surface area (Å²) in [6.45, 7) is 2.23. The Morgan fingerprint density at radius 2 is 2.00 bits per heavy atom. The van der Waals surface area contributed by atoms with E-state index in [0.29, 0.717) is 24.9 Å². The highest BCUT2D eigenvalue weighted by molar-refractivity contribution is 7.08. The van der Waals surface area contributed by atoms with Gasteiger partial charge in [0.15, 0.2) is 0 Å². The van der Waals surface area contributed by atoms with Crippen molar-refractivity contribution < 1.29 is 9.18 Å². The Labute approximate surface area is 151 Å². The second-order valence-electron chi connectivity index (χ2n) is 6.03. The molecule has 0 spiro atoms. The first-order valence-electron chi connectivity index (χ1n) is 8.25. The number of carbonyl (C=O) groups excluding carboxylic acids is 1. The number of aryl methyl sites for hydroxylation is 2. The predicted molar refractivity (Wildman–Crippen MR) is 101 cm³/mol. The average molecular weight is 353 g/mol. The zero-order valence-corrected chi connectivity index (χ0v) is 14.9. The fourth-order valence-electron chi connectivity index (χ4n) is 2.71. The fourth-order valence-corrected chi connectivity index (χ4v) is 3.36. The van der Waals surface area contributed by atoms with E-state index in [-0.39, 0.29) is 11.7 Å². The first-order valence-corrected chi connectivity index (χ1v) is 9.20. The molecule has 2 aromatic carbocycles. The lowest BCUT2D eigenvalue weighted by atomic mass is 10.0. The number of nitrogens with one attached hydrogen (secondary N) is 1. The van der Waals surface area contributed by atoms with Gasteiger partial charge in [-0.3, -0.25) is 4.79 Å². The van der Waals surface area contributed by atoms with Crippen LogP contribution in [0.15, 0.2) is 59.3 Å². The fraction of sp³-hybridized carbons (Fsp3) is 0.190. The molecular weight excluding hydrogens is 333 g/mol. The summed E-state index contributed by atoms with van der Waals surface area (Å²) in [6, 6.07) is 15.3. The molecule has 3 aromatic rings. The number of rotatable bonds is 6.